The van der Waals surface area contributed by atoms with Gasteiger partial charge in [-0.3, -0.25) is 9.36 Å². The zero-order valence-corrected chi connectivity index (χ0v) is 14.4. The predicted molar refractivity (Wildman–Crippen MR) is 88.5 cm³/mol. The topological polar surface area (TPSA) is 97.4 Å². The number of hydrogen-bond acceptors (Lipinski definition) is 4. The van der Waals surface area contributed by atoms with Crippen molar-refractivity contribution in [3.05, 3.63) is 34.8 Å². The van der Waals surface area contributed by atoms with Crippen LogP contribution in [-0.2, 0) is 4.79 Å². The second kappa shape index (κ2) is 7.33. The predicted octanol–water partition coefficient (Wildman–Crippen LogP) is 2.76. The number of carbonyl (C=O) groups excluding carboxylic acids is 1. The van der Waals surface area contributed by atoms with Crippen LogP contribution in [-0.4, -0.2) is 32.7 Å². The molecule has 2 N–H and O–H groups in total. The molecule has 7 heteroatoms. The Morgan fingerprint density at radius 2 is 2.04 bits per heavy atom. The number of aryl methyl sites for hydroxylation is 2. The number of hydrogen-bond donors (Lipinski definition) is 2. The molecule has 0 aliphatic rings. The molecule has 0 bridgehead atoms. The number of amides is 1. The molecule has 2 aromatic rings. The van der Waals surface area contributed by atoms with Crippen molar-refractivity contribution < 1.29 is 19.2 Å². The summed E-state index contributed by atoms with van der Waals surface area (Å²) in [5.74, 6) is -0.132. The number of aliphatic carboxylic acids is 1. The first-order valence-electron chi connectivity index (χ1n) is 8.01. The van der Waals surface area contributed by atoms with Gasteiger partial charge in [-0.05, 0) is 33.3 Å². The quantitative estimate of drug-likeness (QED) is 0.812. The largest absolute Gasteiger partial charge is 0.480 e. The van der Waals surface area contributed by atoms with E-state index in [0.29, 0.717) is 29.3 Å². The van der Waals surface area contributed by atoms with E-state index in [9.17, 15) is 14.7 Å². The fourth-order valence-electron chi connectivity index (χ4n) is 2.71. The van der Waals surface area contributed by atoms with Crippen molar-refractivity contribution in [1.82, 2.24) is 15.0 Å². The molecule has 0 aliphatic heterocycles. The van der Waals surface area contributed by atoms with E-state index in [1.54, 1.807) is 26.0 Å². The monoisotopic (exact) mass is 333 g/mol. The molecule has 130 valence electrons. The molecule has 0 saturated heterocycles. The summed E-state index contributed by atoms with van der Waals surface area (Å²) in [5, 5.41) is 15.8. The van der Waals surface area contributed by atoms with E-state index in [1.807, 2.05) is 18.4 Å². The van der Waals surface area contributed by atoms with Crippen molar-refractivity contribution in [2.24, 2.45) is 0 Å². The second-order valence-corrected chi connectivity index (χ2v) is 5.92. The van der Waals surface area contributed by atoms with Gasteiger partial charge in [0.2, 0.25) is 0 Å². The highest BCUT2D eigenvalue weighted by atomic mass is 16.5. The van der Waals surface area contributed by atoms with Crippen LogP contribution in [0, 0.1) is 20.8 Å². The Kier molecular flexibility index (Phi) is 5.43. The number of rotatable bonds is 7. The van der Waals surface area contributed by atoms with Crippen LogP contribution < -0.4 is 5.32 Å². The van der Waals surface area contributed by atoms with E-state index >= 15 is 0 Å². The molecule has 7 nitrogen and oxygen atoms in total. The molecule has 0 saturated carbocycles. The van der Waals surface area contributed by atoms with Gasteiger partial charge in [0, 0.05) is 17.5 Å². The Morgan fingerprint density at radius 1 is 1.33 bits per heavy atom. The van der Waals surface area contributed by atoms with E-state index < -0.39 is 17.9 Å². The summed E-state index contributed by atoms with van der Waals surface area (Å²) < 4.78 is 6.90. The van der Waals surface area contributed by atoms with Gasteiger partial charge in [0.15, 0.2) is 5.82 Å². The average Bonchev–Trinajstić information content (AvgIpc) is 3.06. The minimum Gasteiger partial charge on any atom is -0.480 e. The smallest absolute Gasteiger partial charge is 0.326 e. The molecule has 0 aromatic carbocycles. The van der Waals surface area contributed by atoms with Crippen LogP contribution in [0.15, 0.2) is 16.7 Å². The maximum Gasteiger partial charge on any atom is 0.326 e. The molecule has 2 heterocycles. The second-order valence-electron chi connectivity index (χ2n) is 5.92. The Balaban J connectivity index is 2.25. The summed E-state index contributed by atoms with van der Waals surface area (Å²) in [4.78, 5) is 23.8. The van der Waals surface area contributed by atoms with Gasteiger partial charge in [0.1, 0.15) is 11.8 Å². The molecule has 2 aromatic heterocycles. The lowest BCUT2D eigenvalue weighted by molar-refractivity contribution is -0.139. The number of aromatic nitrogens is 2. The van der Waals surface area contributed by atoms with Crippen molar-refractivity contribution in [3.63, 3.8) is 0 Å². The molecule has 1 amide bonds. The number of nitrogens with one attached hydrogen (secondary N) is 1. The SMILES string of the molecule is CCCC[C@H](NC(=O)c1cc(C)n(-c2cc(C)on2)c1C)C(=O)O. The van der Waals surface area contributed by atoms with E-state index in [1.165, 1.54) is 0 Å². The van der Waals surface area contributed by atoms with Gasteiger partial charge in [-0.1, -0.05) is 24.9 Å². The first-order valence-corrected chi connectivity index (χ1v) is 8.01. The zero-order chi connectivity index (χ0) is 17.9. The normalized spacial score (nSPS) is 12.2. The van der Waals surface area contributed by atoms with Crippen LogP contribution in [0.25, 0.3) is 5.82 Å². The van der Waals surface area contributed by atoms with E-state index in [-0.39, 0.29) is 0 Å². The third-order valence-electron chi connectivity index (χ3n) is 3.97. The van der Waals surface area contributed by atoms with Crippen molar-refractivity contribution in [1.29, 1.82) is 0 Å². The summed E-state index contributed by atoms with van der Waals surface area (Å²) in [6, 6.07) is 2.63. The van der Waals surface area contributed by atoms with Gasteiger partial charge in [-0.15, -0.1) is 0 Å². The fraction of sp³-hybridized carbons (Fsp3) is 0.471. The molecule has 2 rings (SSSR count). The Bertz CT molecular complexity index is 745. The number of carboxylic acids is 1. The van der Waals surface area contributed by atoms with Gasteiger partial charge >= 0.3 is 5.97 Å². The number of unbranched alkanes of at least 4 members (excludes halogenated alkanes) is 1. The molecule has 0 radical (unpaired) electrons. The summed E-state index contributed by atoms with van der Waals surface area (Å²) >= 11 is 0. The van der Waals surface area contributed by atoms with Gasteiger partial charge in [0.25, 0.3) is 5.91 Å². The molecule has 0 aliphatic carbocycles. The average molecular weight is 333 g/mol. The van der Waals surface area contributed by atoms with Gasteiger partial charge in [0.05, 0.1) is 5.56 Å². The maximum atomic E-state index is 12.5. The first-order chi connectivity index (χ1) is 11.3. The lowest BCUT2D eigenvalue weighted by atomic mass is 10.1. The minimum atomic E-state index is -1.02. The van der Waals surface area contributed by atoms with Gasteiger partial charge < -0.3 is 14.9 Å². The number of carbonyl (C=O) groups is 2. The third kappa shape index (κ3) is 3.67. The third-order valence-corrected chi connectivity index (χ3v) is 3.97. The van der Waals surface area contributed by atoms with Crippen molar-refractivity contribution >= 4 is 11.9 Å². The molecule has 1 atom stereocenters. The van der Waals surface area contributed by atoms with Crippen LogP contribution in [0.1, 0.15) is 53.7 Å². The van der Waals surface area contributed by atoms with Crippen LogP contribution in [0.3, 0.4) is 0 Å². The van der Waals surface area contributed by atoms with E-state index in [0.717, 1.165) is 18.5 Å². The lowest BCUT2D eigenvalue weighted by Crippen LogP contribution is -2.40. The summed E-state index contributed by atoms with van der Waals surface area (Å²) in [6.45, 7) is 7.44. The van der Waals surface area contributed by atoms with E-state index in [2.05, 4.69) is 10.5 Å². The van der Waals surface area contributed by atoms with Crippen LogP contribution in [0.5, 0.6) is 0 Å². The zero-order valence-electron chi connectivity index (χ0n) is 14.4. The van der Waals surface area contributed by atoms with Crippen molar-refractivity contribution in [3.8, 4) is 5.82 Å². The standard InChI is InChI=1S/C17H23N3O4/c1-5-6-7-14(17(22)23)18-16(21)13-8-10(2)20(12(13)4)15-9-11(3)24-19-15/h8-9,14H,5-7H2,1-4H3,(H,18,21)(H,22,23)/t14-/m0/s1. The molecular formula is C17H23N3O4. The summed E-state index contributed by atoms with van der Waals surface area (Å²) in [5.41, 5.74) is 1.96. The highest BCUT2D eigenvalue weighted by Gasteiger charge is 2.23. The molecule has 0 spiro atoms. The summed E-state index contributed by atoms with van der Waals surface area (Å²) in [6.07, 6.45) is 2.03. The highest BCUT2D eigenvalue weighted by molar-refractivity contribution is 5.98. The minimum absolute atomic E-state index is 0.391. The first kappa shape index (κ1) is 17.8. The summed E-state index contributed by atoms with van der Waals surface area (Å²) in [7, 11) is 0. The van der Waals surface area contributed by atoms with Crippen molar-refractivity contribution in [2.45, 2.75) is 53.0 Å². The molecule has 0 unspecified atom stereocenters. The van der Waals surface area contributed by atoms with Crippen LogP contribution in [0.4, 0.5) is 0 Å². The lowest BCUT2D eigenvalue weighted by Gasteiger charge is -2.14. The molecular weight excluding hydrogens is 310 g/mol. The van der Waals surface area contributed by atoms with Gasteiger partial charge in [-0.2, -0.15) is 0 Å². The Morgan fingerprint density at radius 3 is 2.58 bits per heavy atom. The molecule has 24 heavy (non-hydrogen) atoms. The number of carboxylic acid groups (broad SMARTS) is 1. The molecule has 0 fully saturated rings. The Hall–Kier alpha value is -2.57. The highest BCUT2D eigenvalue weighted by Crippen LogP contribution is 2.21. The Labute approximate surface area is 140 Å². The van der Waals surface area contributed by atoms with Crippen molar-refractivity contribution in [2.75, 3.05) is 0 Å². The fourth-order valence-corrected chi connectivity index (χ4v) is 2.71. The van der Waals surface area contributed by atoms with E-state index in [4.69, 9.17) is 4.52 Å². The van der Waals surface area contributed by atoms with Crippen LogP contribution in [0.2, 0.25) is 0 Å². The maximum absolute atomic E-state index is 12.5. The number of nitrogens with zero attached hydrogens (tertiary/aromatic N) is 2. The van der Waals surface area contributed by atoms with Crippen LogP contribution >= 0.6 is 0 Å². The van der Waals surface area contributed by atoms with Gasteiger partial charge in [-0.25, -0.2) is 4.79 Å².